The molecule has 5 rings (SSSR count). The van der Waals surface area contributed by atoms with Crippen molar-refractivity contribution in [2.45, 2.75) is 69.6 Å². The fraction of sp³-hybridized carbons (Fsp3) is 0.577. The van der Waals surface area contributed by atoms with E-state index in [-0.39, 0.29) is 29.2 Å². The van der Waals surface area contributed by atoms with Gasteiger partial charge >= 0.3 is 0 Å². The van der Waals surface area contributed by atoms with Crippen molar-refractivity contribution < 1.29 is 14.3 Å². The van der Waals surface area contributed by atoms with Crippen molar-refractivity contribution in [3.8, 4) is 0 Å². The Labute approximate surface area is 214 Å². The number of nitrogens with one attached hydrogen (secondary N) is 1. The summed E-state index contributed by atoms with van der Waals surface area (Å²) in [7, 11) is 0. The molecular formula is C26H33BrFN5O2. The second-order valence-electron chi connectivity index (χ2n) is 10.8. The summed E-state index contributed by atoms with van der Waals surface area (Å²) in [5.74, 6) is 0.320. The summed E-state index contributed by atoms with van der Waals surface area (Å²) in [5, 5.41) is 14.0. The molecule has 1 aromatic carbocycles. The SMILES string of the molecule is C[C@@H]1C[C@@H](O)c2ncnc(N3CCN(C(=O)C(c4ccc(Br)c(F)c4)C4CCC(C)(C)N4)CC3)c21. The van der Waals surface area contributed by atoms with Crippen molar-refractivity contribution in [1.29, 1.82) is 0 Å². The zero-order chi connectivity index (χ0) is 24.9. The number of halogens is 2. The van der Waals surface area contributed by atoms with Crippen LogP contribution in [-0.4, -0.2) is 63.6 Å². The summed E-state index contributed by atoms with van der Waals surface area (Å²) in [6.45, 7) is 8.84. The van der Waals surface area contributed by atoms with Gasteiger partial charge in [-0.05, 0) is 72.7 Å². The Morgan fingerprint density at radius 2 is 2.00 bits per heavy atom. The van der Waals surface area contributed by atoms with Gasteiger partial charge in [0, 0.05) is 43.3 Å². The molecule has 0 saturated carbocycles. The first-order valence-corrected chi connectivity index (χ1v) is 13.2. The van der Waals surface area contributed by atoms with Crippen LogP contribution >= 0.6 is 15.9 Å². The van der Waals surface area contributed by atoms with Gasteiger partial charge in [0.15, 0.2) is 0 Å². The lowest BCUT2D eigenvalue weighted by Gasteiger charge is -2.39. The Morgan fingerprint density at radius 3 is 2.66 bits per heavy atom. The van der Waals surface area contributed by atoms with Crippen LogP contribution in [0.15, 0.2) is 29.0 Å². The second kappa shape index (κ2) is 9.41. The number of nitrogens with zero attached hydrogens (tertiary/aromatic N) is 4. The van der Waals surface area contributed by atoms with Crippen LogP contribution in [-0.2, 0) is 4.79 Å². The molecule has 2 N–H and O–H groups in total. The summed E-state index contributed by atoms with van der Waals surface area (Å²) in [5.41, 5.74) is 2.42. The number of anilines is 1. The van der Waals surface area contributed by atoms with Gasteiger partial charge in [-0.25, -0.2) is 14.4 Å². The number of aliphatic hydroxyl groups excluding tert-OH is 1. The molecule has 0 bridgehead atoms. The molecule has 2 saturated heterocycles. The molecule has 2 aliphatic heterocycles. The Morgan fingerprint density at radius 1 is 1.26 bits per heavy atom. The van der Waals surface area contributed by atoms with E-state index in [1.54, 1.807) is 6.07 Å². The molecule has 3 aliphatic rings. The molecule has 9 heteroatoms. The lowest BCUT2D eigenvalue weighted by Crippen LogP contribution is -2.53. The number of fused-ring (bicyclic) bond motifs is 1. The number of hydrogen-bond acceptors (Lipinski definition) is 6. The molecule has 2 aromatic rings. The van der Waals surface area contributed by atoms with Gasteiger partial charge in [-0.1, -0.05) is 13.0 Å². The molecule has 3 heterocycles. The van der Waals surface area contributed by atoms with E-state index in [2.05, 4.69) is 56.9 Å². The fourth-order valence-corrected chi connectivity index (χ4v) is 6.20. The number of piperazine rings is 1. The maximum absolute atomic E-state index is 14.5. The maximum atomic E-state index is 14.5. The number of amides is 1. The quantitative estimate of drug-likeness (QED) is 0.606. The van der Waals surface area contributed by atoms with E-state index in [1.165, 1.54) is 12.4 Å². The van der Waals surface area contributed by atoms with E-state index < -0.39 is 12.0 Å². The summed E-state index contributed by atoms with van der Waals surface area (Å²) in [4.78, 5) is 26.9. The van der Waals surface area contributed by atoms with E-state index in [0.29, 0.717) is 42.6 Å². The van der Waals surface area contributed by atoms with Gasteiger partial charge in [0.1, 0.15) is 18.0 Å². The third-order valence-electron chi connectivity index (χ3n) is 7.80. The minimum absolute atomic E-state index is 0.0384. The largest absolute Gasteiger partial charge is 0.387 e. The molecule has 35 heavy (non-hydrogen) atoms. The molecule has 2 fully saturated rings. The molecular weight excluding hydrogens is 513 g/mol. The lowest BCUT2D eigenvalue weighted by molar-refractivity contribution is -0.133. The molecule has 2 unspecified atom stereocenters. The predicted molar refractivity (Wildman–Crippen MR) is 136 cm³/mol. The first kappa shape index (κ1) is 24.6. The van der Waals surface area contributed by atoms with Crippen molar-refractivity contribution in [3.63, 3.8) is 0 Å². The minimum Gasteiger partial charge on any atom is -0.387 e. The van der Waals surface area contributed by atoms with Crippen molar-refractivity contribution in [2.24, 2.45) is 0 Å². The Bertz CT molecular complexity index is 1120. The van der Waals surface area contributed by atoms with Gasteiger partial charge in [-0.15, -0.1) is 0 Å². The van der Waals surface area contributed by atoms with E-state index in [0.717, 1.165) is 29.9 Å². The number of hydrogen-bond donors (Lipinski definition) is 2. The van der Waals surface area contributed by atoms with Crippen molar-refractivity contribution in [3.05, 3.63) is 51.6 Å². The van der Waals surface area contributed by atoms with Crippen molar-refractivity contribution in [2.75, 3.05) is 31.1 Å². The topological polar surface area (TPSA) is 81.6 Å². The third-order valence-corrected chi connectivity index (χ3v) is 8.44. The highest BCUT2D eigenvalue weighted by molar-refractivity contribution is 9.10. The zero-order valence-electron chi connectivity index (χ0n) is 20.5. The van der Waals surface area contributed by atoms with Crippen LogP contribution in [0.5, 0.6) is 0 Å². The Hall–Kier alpha value is -2.10. The summed E-state index contributed by atoms with van der Waals surface area (Å²) < 4.78 is 14.9. The highest BCUT2D eigenvalue weighted by atomic mass is 79.9. The first-order valence-electron chi connectivity index (χ1n) is 12.4. The molecule has 4 atom stereocenters. The zero-order valence-corrected chi connectivity index (χ0v) is 22.1. The molecule has 0 radical (unpaired) electrons. The van der Waals surface area contributed by atoms with E-state index >= 15 is 0 Å². The van der Waals surface area contributed by atoms with E-state index in [4.69, 9.17) is 0 Å². The van der Waals surface area contributed by atoms with Crippen LogP contribution in [0, 0.1) is 5.82 Å². The van der Waals surface area contributed by atoms with Crippen LogP contribution in [0.25, 0.3) is 0 Å². The highest BCUT2D eigenvalue weighted by Crippen LogP contribution is 2.43. The number of aliphatic hydroxyl groups is 1. The smallest absolute Gasteiger partial charge is 0.231 e. The number of rotatable bonds is 4. The molecule has 1 aliphatic carbocycles. The molecule has 0 spiro atoms. The van der Waals surface area contributed by atoms with Gasteiger partial charge < -0.3 is 20.2 Å². The summed E-state index contributed by atoms with van der Waals surface area (Å²) in [6.07, 6.45) is 3.49. The number of benzene rings is 1. The third kappa shape index (κ3) is 4.70. The molecule has 1 aromatic heterocycles. The van der Waals surface area contributed by atoms with Gasteiger partial charge in [-0.2, -0.15) is 0 Å². The summed E-state index contributed by atoms with van der Waals surface area (Å²) in [6, 6.07) is 5.00. The van der Waals surface area contributed by atoms with Crippen molar-refractivity contribution >= 4 is 27.7 Å². The first-order chi connectivity index (χ1) is 16.6. The van der Waals surface area contributed by atoms with E-state index in [1.807, 2.05) is 11.0 Å². The molecule has 7 nitrogen and oxygen atoms in total. The predicted octanol–water partition coefficient (Wildman–Crippen LogP) is 3.88. The van der Waals surface area contributed by atoms with Gasteiger partial charge in [0.05, 0.1) is 22.2 Å². The van der Waals surface area contributed by atoms with Crippen LogP contribution in [0.1, 0.15) is 74.8 Å². The van der Waals surface area contributed by atoms with Crippen LogP contribution < -0.4 is 10.2 Å². The van der Waals surface area contributed by atoms with Crippen molar-refractivity contribution in [1.82, 2.24) is 20.2 Å². The van der Waals surface area contributed by atoms with Gasteiger partial charge in [-0.3, -0.25) is 4.79 Å². The average molecular weight is 546 g/mol. The van der Waals surface area contributed by atoms with Crippen LogP contribution in [0.2, 0.25) is 0 Å². The van der Waals surface area contributed by atoms with Gasteiger partial charge in [0.2, 0.25) is 5.91 Å². The van der Waals surface area contributed by atoms with E-state index in [9.17, 15) is 14.3 Å². The highest BCUT2D eigenvalue weighted by Gasteiger charge is 2.41. The fourth-order valence-electron chi connectivity index (χ4n) is 5.95. The monoisotopic (exact) mass is 545 g/mol. The van der Waals surface area contributed by atoms with Crippen LogP contribution in [0.3, 0.4) is 0 Å². The number of carbonyl (C=O) groups excluding carboxylic acids is 1. The normalized spacial score (nSPS) is 26.6. The summed E-state index contributed by atoms with van der Waals surface area (Å²) >= 11 is 3.23. The Balaban J connectivity index is 1.35. The molecule has 188 valence electrons. The number of carbonyl (C=O) groups is 1. The van der Waals surface area contributed by atoms with Crippen LogP contribution in [0.4, 0.5) is 10.2 Å². The second-order valence-corrected chi connectivity index (χ2v) is 11.6. The Kier molecular flexibility index (Phi) is 6.61. The lowest BCUT2D eigenvalue weighted by atomic mass is 9.88. The average Bonchev–Trinajstić information content (AvgIpc) is 3.34. The standard InChI is InChI=1S/C26H33BrFN5O2/c1-15-12-20(34)23-21(15)24(30-14-29-23)32-8-10-33(11-9-32)25(35)22(19-6-7-26(2,3)31-19)16-4-5-17(27)18(28)13-16/h4-5,13-15,19-20,22,31,34H,6-12H2,1-3H3/t15-,19?,20-,22?/m1/s1. The van der Waals surface area contributed by atoms with Gasteiger partial charge in [0.25, 0.3) is 0 Å². The number of aromatic nitrogens is 2. The minimum atomic E-state index is -0.542. The molecule has 1 amide bonds. The maximum Gasteiger partial charge on any atom is 0.231 e.